The van der Waals surface area contributed by atoms with Gasteiger partial charge in [-0.25, -0.2) is 0 Å². The SMILES string of the molecule is CC(C)NC(=O)CCNC(=O)CCNC1CC1. The van der Waals surface area contributed by atoms with Crippen molar-refractivity contribution in [3.8, 4) is 0 Å². The lowest BCUT2D eigenvalue weighted by molar-refractivity contribution is -0.122. The van der Waals surface area contributed by atoms with E-state index in [1.807, 2.05) is 13.8 Å². The molecule has 0 saturated heterocycles. The lowest BCUT2D eigenvalue weighted by atomic mass is 10.3. The van der Waals surface area contributed by atoms with Crippen LogP contribution in [0.2, 0.25) is 0 Å². The zero-order valence-corrected chi connectivity index (χ0v) is 10.7. The van der Waals surface area contributed by atoms with Gasteiger partial charge in [-0.1, -0.05) is 0 Å². The highest BCUT2D eigenvalue weighted by Gasteiger charge is 2.19. The van der Waals surface area contributed by atoms with Crippen LogP contribution in [0.4, 0.5) is 0 Å². The minimum Gasteiger partial charge on any atom is -0.356 e. The van der Waals surface area contributed by atoms with Crippen LogP contribution in [0.15, 0.2) is 0 Å². The molecular weight excluding hydrogens is 218 g/mol. The fourth-order valence-electron chi connectivity index (χ4n) is 1.48. The van der Waals surface area contributed by atoms with Crippen molar-refractivity contribution in [3.63, 3.8) is 0 Å². The number of amides is 2. The Hall–Kier alpha value is -1.10. The van der Waals surface area contributed by atoms with Crippen LogP contribution in [-0.4, -0.2) is 37.0 Å². The molecule has 0 unspecified atom stereocenters. The number of hydrogen-bond donors (Lipinski definition) is 3. The van der Waals surface area contributed by atoms with Gasteiger partial charge in [0.1, 0.15) is 0 Å². The van der Waals surface area contributed by atoms with Gasteiger partial charge in [-0.2, -0.15) is 0 Å². The summed E-state index contributed by atoms with van der Waals surface area (Å²) in [6.45, 7) is 4.98. The molecule has 1 fully saturated rings. The predicted molar refractivity (Wildman–Crippen MR) is 66.5 cm³/mol. The highest BCUT2D eigenvalue weighted by molar-refractivity contribution is 5.79. The lowest BCUT2D eigenvalue weighted by Crippen LogP contribution is -2.34. The van der Waals surface area contributed by atoms with E-state index in [2.05, 4.69) is 16.0 Å². The smallest absolute Gasteiger partial charge is 0.221 e. The fraction of sp³-hybridized carbons (Fsp3) is 0.833. The highest BCUT2D eigenvalue weighted by Crippen LogP contribution is 2.18. The van der Waals surface area contributed by atoms with E-state index in [0.717, 1.165) is 6.54 Å². The van der Waals surface area contributed by atoms with E-state index in [4.69, 9.17) is 0 Å². The minimum atomic E-state index is -0.0172. The molecule has 0 spiro atoms. The van der Waals surface area contributed by atoms with Crippen molar-refractivity contribution in [2.24, 2.45) is 0 Å². The summed E-state index contributed by atoms with van der Waals surface area (Å²) in [5.41, 5.74) is 0. The summed E-state index contributed by atoms with van der Waals surface area (Å²) < 4.78 is 0. The molecule has 1 aliphatic carbocycles. The van der Waals surface area contributed by atoms with Crippen LogP contribution in [0.3, 0.4) is 0 Å². The number of nitrogens with one attached hydrogen (secondary N) is 3. The number of rotatable bonds is 8. The quantitative estimate of drug-likeness (QED) is 0.567. The predicted octanol–water partition coefficient (Wildman–Crippen LogP) is 0.159. The molecule has 1 rings (SSSR count). The molecule has 1 saturated carbocycles. The number of hydrogen-bond acceptors (Lipinski definition) is 3. The Labute approximate surface area is 103 Å². The third-order valence-electron chi connectivity index (χ3n) is 2.49. The normalized spacial score (nSPS) is 14.8. The molecular formula is C12H23N3O2. The molecule has 0 aromatic carbocycles. The minimum absolute atomic E-state index is 0.00972. The van der Waals surface area contributed by atoms with E-state index >= 15 is 0 Å². The van der Waals surface area contributed by atoms with Crippen molar-refractivity contribution < 1.29 is 9.59 Å². The number of carbonyl (C=O) groups excluding carboxylic acids is 2. The molecule has 0 heterocycles. The Kier molecular flexibility index (Phi) is 5.97. The molecule has 0 aromatic rings. The van der Waals surface area contributed by atoms with Crippen LogP contribution in [-0.2, 0) is 9.59 Å². The third-order valence-corrected chi connectivity index (χ3v) is 2.49. The molecule has 17 heavy (non-hydrogen) atoms. The van der Waals surface area contributed by atoms with Crippen molar-refractivity contribution >= 4 is 11.8 Å². The van der Waals surface area contributed by atoms with Gasteiger partial charge in [0.05, 0.1) is 0 Å². The summed E-state index contributed by atoms with van der Waals surface area (Å²) in [5, 5.41) is 8.79. The second-order valence-corrected chi connectivity index (χ2v) is 4.80. The Morgan fingerprint density at radius 1 is 1.12 bits per heavy atom. The summed E-state index contributed by atoms with van der Waals surface area (Å²) in [5.74, 6) is -0.00750. The van der Waals surface area contributed by atoms with Crippen LogP contribution in [0, 0.1) is 0 Å². The Morgan fingerprint density at radius 2 is 1.76 bits per heavy atom. The fourth-order valence-corrected chi connectivity index (χ4v) is 1.48. The van der Waals surface area contributed by atoms with Gasteiger partial charge >= 0.3 is 0 Å². The molecule has 98 valence electrons. The average molecular weight is 241 g/mol. The first-order chi connectivity index (χ1) is 8.08. The summed E-state index contributed by atoms with van der Waals surface area (Å²) in [7, 11) is 0. The molecule has 1 aliphatic rings. The molecule has 5 nitrogen and oxygen atoms in total. The molecule has 0 atom stereocenters. The molecule has 0 aliphatic heterocycles. The van der Waals surface area contributed by atoms with Gasteiger partial charge in [-0.15, -0.1) is 0 Å². The van der Waals surface area contributed by atoms with Gasteiger partial charge in [-0.3, -0.25) is 9.59 Å². The first kappa shape index (κ1) is 14.0. The van der Waals surface area contributed by atoms with Gasteiger partial charge < -0.3 is 16.0 Å². The van der Waals surface area contributed by atoms with Gasteiger partial charge in [0.25, 0.3) is 0 Å². The van der Waals surface area contributed by atoms with E-state index in [0.29, 0.717) is 25.4 Å². The van der Waals surface area contributed by atoms with Crippen LogP contribution < -0.4 is 16.0 Å². The molecule has 0 bridgehead atoms. The average Bonchev–Trinajstić information content (AvgIpc) is 3.00. The second kappa shape index (κ2) is 7.27. The monoisotopic (exact) mass is 241 g/mol. The summed E-state index contributed by atoms with van der Waals surface area (Å²) in [6.07, 6.45) is 3.30. The maximum atomic E-state index is 11.4. The van der Waals surface area contributed by atoms with E-state index in [-0.39, 0.29) is 17.9 Å². The van der Waals surface area contributed by atoms with E-state index in [9.17, 15) is 9.59 Å². The molecule has 0 aromatic heterocycles. The molecule has 5 heteroatoms. The largest absolute Gasteiger partial charge is 0.356 e. The summed E-state index contributed by atoms with van der Waals surface area (Å²) in [6, 6.07) is 0.792. The first-order valence-electron chi connectivity index (χ1n) is 6.37. The van der Waals surface area contributed by atoms with Crippen LogP contribution in [0.5, 0.6) is 0 Å². The third kappa shape index (κ3) is 7.74. The maximum absolute atomic E-state index is 11.4. The van der Waals surface area contributed by atoms with Gasteiger partial charge in [-0.05, 0) is 26.7 Å². The first-order valence-corrected chi connectivity index (χ1v) is 6.37. The molecule has 2 amide bonds. The number of carbonyl (C=O) groups is 2. The second-order valence-electron chi connectivity index (χ2n) is 4.80. The van der Waals surface area contributed by atoms with Gasteiger partial charge in [0, 0.05) is 38.0 Å². The van der Waals surface area contributed by atoms with Gasteiger partial charge in [0.2, 0.25) is 11.8 Å². The summed E-state index contributed by atoms with van der Waals surface area (Å²) >= 11 is 0. The van der Waals surface area contributed by atoms with Crippen molar-refractivity contribution in [3.05, 3.63) is 0 Å². The van der Waals surface area contributed by atoms with Crippen LogP contribution in [0.1, 0.15) is 39.5 Å². The van der Waals surface area contributed by atoms with E-state index in [1.165, 1.54) is 12.8 Å². The Balaban J connectivity index is 1.93. The van der Waals surface area contributed by atoms with Crippen molar-refractivity contribution in [1.29, 1.82) is 0 Å². The highest BCUT2D eigenvalue weighted by atomic mass is 16.2. The molecule has 0 radical (unpaired) electrons. The standard InChI is InChI=1S/C12H23N3O2/c1-9(2)15-12(17)6-8-14-11(16)5-7-13-10-3-4-10/h9-10,13H,3-8H2,1-2H3,(H,14,16)(H,15,17). The Morgan fingerprint density at radius 3 is 2.35 bits per heavy atom. The zero-order chi connectivity index (χ0) is 12.7. The van der Waals surface area contributed by atoms with Crippen LogP contribution >= 0.6 is 0 Å². The summed E-state index contributed by atoms with van der Waals surface area (Å²) in [4.78, 5) is 22.6. The van der Waals surface area contributed by atoms with Crippen molar-refractivity contribution in [2.75, 3.05) is 13.1 Å². The topological polar surface area (TPSA) is 70.2 Å². The van der Waals surface area contributed by atoms with E-state index in [1.54, 1.807) is 0 Å². The van der Waals surface area contributed by atoms with E-state index < -0.39 is 0 Å². The van der Waals surface area contributed by atoms with Crippen molar-refractivity contribution in [1.82, 2.24) is 16.0 Å². The lowest BCUT2D eigenvalue weighted by Gasteiger charge is -2.09. The zero-order valence-electron chi connectivity index (χ0n) is 10.7. The maximum Gasteiger partial charge on any atom is 0.221 e. The van der Waals surface area contributed by atoms with Gasteiger partial charge in [0.15, 0.2) is 0 Å². The van der Waals surface area contributed by atoms with Crippen molar-refractivity contribution in [2.45, 2.75) is 51.6 Å². The Bertz CT molecular complexity index is 262. The van der Waals surface area contributed by atoms with Crippen LogP contribution in [0.25, 0.3) is 0 Å². The molecule has 3 N–H and O–H groups in total.